The molecule has 0 unspecified atom stereocenters. The van der Waals surface area contributed by atoms with E-state index in [1.165, 1.54) is 17.7 Å². The summed E-state index contributed by atoms with van der Waals surface area (Å²) in [5.74, 6) is -0.291. The Balaban J connectivity index is 1.35. The molecule has 0 atom stereocenters. The zero-order valence-electron chi connectivity index (χ0n) is 17.0. The lowest BCUT2D eigenvalue weighted by molar-refractivity contribution is 0.101. The Labute approximate surface area is 181 Å². The number of fused-ring (bicyclic) bond motifs is 1. The SMILES string of the molecule is Cc1ccc(-c2nc3sc(C)nn3c2COCc2cn(-c3ccc(F)cc3)nn2)cc1. The van der Waals surface area contributed by atoms with E-state index in [0.717, 1.165) is 32.6 Å². The van der Waals surface area contributed by atoms with E-state index in [9.17, 15) is 4.39 Å². The molecule has 3 heterocycles. The van der Waals surface area contributed by atoms with Gasteiger partial charge in [-0.05, 0) is 38.1 Å². The molecule has 7 nitrogen and oxygen atoms in total. The van der Waals surface area contributed by atoms with Crippen molar-refractivity contribution in [2.45, 2.75) is 27.1 Å². The van der Waals surface area contributed by atoms with Crippen LogP contribution < -0.4 is 0 Å². The molecule has 9 heteroatoms. The molecule has 0 spiro atoms. The lowest BCUT2D eigenvalue weighted by Crippen LogP contribution is -2.01. The number of aryl methyl sites for hydroxylation is 2. The summed E-state index contributed by atoms with van der Waals surface area (Å²) in [6.07, 6.45) is 1.77. The Morgan fingerprint density at radius 2 is 1.77 bits per heavy atom. The van der Waals surface area contributed by atoms with E-state index in [2.05, 4.69) is 46.6 Å². The Bertz CT molecular complexity index is 1340. The molecule has 31 heavy (non-hydrogen) atoms. The number of hydrogen-bond donors (Lipinski definition) is 0. The van der Waals surface area contributed by atoms with Crippen molar-refractivity contribution in [3.63, 3.8) is 0 Å². The fourth-order valence-electron chi connectivity index (χ4n) is 3.29. The first kappa shape index (κ1) is 19.5. The fourth-order valence-corrected chi connectivity index (χ4v) is 4.06. The van der Waals surface area contributed by atoms with E-state index < -0.39 is 0 Å². The first-order valence-corrected chi connectivity index (χ1v) is 10.6. The van der Waals surface area contributed by atoms with Crippen molar-refractivity contribution < 1.29 is 9.13 Å². The highest BCUT2D eigenvalue weighted by molar-refractivity contribution is 7.16. The summed E-state index contributed by atoms with van der Waals surface area (Å²) in [5, 5.41) is 13.8. The van der Waals surface area contributed by atoms with Gasteiger partial charge in [-0.2, -0.15) is 5.10 Å². The highest BCUT2D eigenvalue weighted by Crippen LogP contribution is 2.28. The van der Waals surface area contributed by atoms with Crippen LogP contribution in [0.3, 0.4) is 0 Å². The Morgan fingerprint density at radius 3 is 2.55 bits per heavy atom. The molecule has 5 rings (SSSR count). The molecule has 0 radical (unpaired) electrons. The monoisotopic (exact) mass is 434 g/mol. The van der Waals surface area contributed by atoms with Crippen molar-refractivity contribution in [2.24, 2.45) is 0 Å². The number of imidazole rings is 1. The number of benzene rings is 2. The van der Waals surface area contributed by atoms with E-state index in [4.69, 9.17) is 9.72 Å². The topological polar surface area (TPSA) is 70.1 Å². The van der Waals surface area contributed by atoms with E-state index >= 15 is 0 Å². The van der Waals surface area contributed by atoms with Gasteiger partial charge < -0.3 is 4.74 Å². The zero-order valence-corrected chi connectivity index (χ0v) is 17.8. The number of ether oxygens (including phenoxy) is 1. The number of rotatable bonds is 6. The van der Waals surface area contributed by atoms with Crippen molar-refractivity contribution in [3.05, 3.63) is 82.5 Å². The molecule has 0 N–H and O–H groups in total. The number of nitrogens with zero attached hydrogens (tertiary/aromatic N) is 6. The Morgan fingerprint density at radius 1 is 1.00 bits per heavy atom. The molecule has 156 valence electrons. The third kappa shape index (κ3) is 3.97. The lowest BCUT2D eigenvalue weighted by atomic mass is 10.1. The van der Waals surface area contributed by atoms with Gasteiger partial charge in [0.15, 0.2) is 0 Å². The van der Waals surface area contributed by atoms with Gasteiger partial charge in [-0.3, -0.25) is 0 Å². The molecule has 3 aromatic heterocycles. The molecule has 0 aliphatic carbocycles. The van der Waals surface area contributed by atoms with E-state index in [1.54, 1.807) is 34.3 Å². The van der Waals surface area contributed by atoms with E-state index in [1.807, 2.05) is 11.4 Å². The van der Waals surface area contributed by atoms with Crippen LogP contribution in [0, 0.1) is 19.7 Å². The van der Waals surface area contributed by atoms with Gasteiger partial charge >= 0.3 is 0 Å². The summed E-state index contributed by atoms with van der Waals surface area (Å²) >= 11 is 1.55. The molecular formula is C22H19FN6OS. The molecular weight excluding hydrogens is 415 g/mol. The Hall–Kier alpha value is -3.43. The largest absolute Gasteiger partial charge is 0.369 e. The quantitative estimate of drug-likeness (QED) is 0.393. The van der Waals surface area contributed by atoms with Crippen LogP contribution in [0.25, 0.3) is 21.9 Å². The van der Waals surface area contributed by atoms with Crippen LogP contribution in [0.4, 0.5) is 4.39 Å². The Kier molecular flexibility index (Phi) is 5.05. The van der Waals surface area contributed by atoms with Crippen LogP contribution in [0.2, 0.25) is 0 Å². The predicted molar refractivity (Wildman–Crippen MR) is 116 cm³/mol. The molecule has 0 fully saturated rings. The van der Waals surface area contributed by atoms with Crippen LogP contribution in [0.1, 0.15) is 22.0 Å². The highest BCUT2D eigenvalue weighted by Gasteiger charge is 2.17. The van der Waals surface area contributed by atoms with Gasteiger partial charge in [0.2, 0.25) is 4.96 Å². The average molecular weight is 435 g/mol. The predicted octanol–water partition coefficient (Wildman–Crippen LogP) is 4.51. The molecule has 0 saturated heterocycles. The second kappa shape index (κ2) is 8.01. The molecule has 0 saturated carbocycles. The molecule has 2 aromatic carbocycles. The molecule has 5 aromatic rings. The van der Waals surface area contributed by atoms with Crippen molar-refractivity contribution in [1.29, 1.82) is 0 Å². The maximum atomic E-state index is 13.1. The fraction of sp³-hybridized carbons (Fsp3) is 0.182. The normalized spacial score (nSPS) is 11.5. The minimum absolute atomic E-state index is 0.283. The first-order chi connectivity index (χ1) is 15.1. The third-order valence-corrected chi connectivity index (χ3v) is 5.67. The maximum Gasteiger partial charge on any atom is 0.213 e. The summed E-state index contributed by atoms with van der Waals surface area (Å²) < 4.78 is 22.5. The van der Waals surface area contributed by atoms with Crippen molar-refractivity contribution in [2.75, 3.05) is 0 Å². The average Bonchev–Trinajstić information content (AvgIpc) is 3.45. The summed E-state index contributed by atoms with van der Waals surface area (Å²) in [7, 11) is 0. The van der Waals surface area contributed by atoms with Crippen LogP contribution >= 0.6 is 11.3 Å². The summed E-state index contributed by atoms with van der Waals surface area (Å²) in [4.78, 5) is 5.63. The lowest BCUT2D eigenvalue weighted by Gasteiger charge is -2.05. The molecule has 0 amide bonds. The van der Waals surface area contributed by atoms with Crippen LogP contribution in [-0.4, -0.2) is 29.6 Å². The zero-order chi connectivity index (χ0) is 21.4. The van der Waals surface area contributed by atoms with Crippen LogP contribution in [0.5, 0.6) is 0 Å². The standard InChI is InChI=1S/C22H19FN6OS/c1-14-3-5-16(6-4-14)21-20(29-22(24-21)31-15(2)26-29)13-30-12-18-11-28(27-25-18)19-9-7-17(23)8-10-19/h3-11H,12-13H2,1-2H3. The number of hydrogen-bond acceptors (Lipinski definition) is 6. The minimum Gasteiger partial charge on any atom is -0.369 e. The molecule has 0 aliphatic rings. The van der Waals surface area contributed by atoms with Gasteiger partial charge in [0, 0.05) is 5.56 Å². The third-order valence-electron chi connectivity index (χ3n) is 4.84. The minimum atomic E-state index is -0.291. The van der Waals surface area contributed by atoms with Crippen LogP contribution in [0.15, 0.2) is 54.7 Å². The smallest absolute Gasteiger partial charge is 0.213 e. The van der Waals surface area contributed by atoms with Gasteiger partial charge in [0.1, 0.15) is 16.5 Å². The van der Waals surface area contributed by atoms with Crippen molar-refractivity contribution >= 4 is 16.3 Å². The van der Waals surface area contributed by atoms with E-state index in [-0.39, 0.29) is 12.4 Å². The van der Waals surface area contributed by atoms with Gasteiger partial charge in [0.05, 0.1) is 36.5 Å². The van der Waals surface area contributed by atoms with Gasteiger partial charge in [-0.1, -0.05) is 46.4 Å². The van der Waals surface area contributed by atoms with E-state index in [0.29, 0.717) is 12.3 Å². The molecule has 0 bridgehead atoms. The summed E-state index contributed by atoms with van der Waals surface area (Å²) in [5.41, 5.74) is 5.40. The van der Waals surface area contributed by atoms with Gasteiger partial charge in [-0.25, -0.2) is 18.6 Å². The summed E-state index contributed by atoms with van der Waals surface area (Å²) in [6.45, 7) is 4.63. The number of halogens is 1. The van der Waals surface area contributed by atoms with Crippen molar-refractivity contribution in [1.82, 2.24) is 29.6 Å². The van der Waals surface area contributed by atoms with Crippen LogP contribution in [-0.2, 0) is 18.0 Å². The maximum absolute atomic E-state index is 13.1. The highest BCUT2D eigenvalue weighted by atomic mass is 32.1. The number of aromatic nitrogens is 6. The summed E-state index contributed by atoms with van der Waals surface area (Å²) in [6, 6.07) is 14.3. The first-order valence-electron chi connectivity index (χ1n) is 9.74. The van der Waals surface area contributed by atoms with Gasteiger partial charge in [0.25, 0.3) is 0 Å². The second-order valence-corrected chi connectivity index (χ2v) is 8.37. The van der Waals surface area contributed by atoms with Crippen molar-refractivity contribution in [3.8, 4) is 16.9 Å². The molecule has 0 aliphatic heterocycles. The second-order valence-electron chi connectivity index (χ2n) is 7.21. The van der Waals surface area contributed by atoms with Gasteiger partial charge in [-0.15, -0.1) is 5.10 Å².